The van der Waals surface area contributed by atoms with Crippen molar-refractivity contribution in [3.05, 3.63) is 51.1 Å². The van der Waals surface area contributed by atoms with Crippen molar-refractivity contribution in [2.24, 2.45) is 0 Å². The molecule has 3 rings (SSSR count). The first-order valence-corrected chi connectivity index (χ1v) is 16.2. The predicted molar refractivity (Wildman–Crippen MR) is 169 cm³/mol. The molecule has 3 aromatic rings. The average Bonchev–Trinajstić information content (AvgIpc) is 3.53. The van der Waals surface area contributed by atoms with Gasteiger partial charge in [-0.2, -0.15) is 0 Å². The number of anilines is 1. The molecule has 15 heteroatoms. The molecule has 0 aliphatic heterocycles. The summed E-state index contributed by atoms with van der Waals surface area (Å²) in [6, 6.07) is 6.70. The fraction of sp³-hybridized carbons (Fsp3) is 0.448. The van der Waals surface area contributed by atoms with Crippen LogP contribution in [-0.4, -0.2) is 63.6 Å². The number of benzene rings is 1. The Balaban J connectivity index is 1.70. The highest BCUT2D eigenvalue weighted by atomic mass is 35.5. The summed E-state index contributed by atoms with van der Waals surface area (Å²) >= 11 is 8.03. The maximum absolute atomic E-state index is 13.3. The first-order valence-electron chi connectivity index (χ1n) is 14.1. The molecule has 1 atom stereocenters. The van der Waals surface area contributed by atoms with Crippen LogP contribution in [0.15, 0.2) is 29.4 Å². The number of hydrogen-bond acceptors (Lipinski definition) is 11. The summed E-state index contributed by atoms with van der Waals surface area (Å²) in [5, 5.41) is 14.7. The molecule has 0 spiro atoms. The SMILES string of the molecule is CCCCn1c(CNC(=O)COc2ccc(Cl)cc2)nnc1S[C@@H](C)C(=O)Nc1sc(C(=O)OCC)c(C)c1C(=O)OCC. The van der Waals surface area contributed by atoms with Crippen molar-refractivity contribution in [2.45, 2.75) is 71.0 Å². The highest BCUT2D eigenvalue weighted by Crippen LogP contribution is 2.35. The minimum absolute atomic E-state index is 0.120. The number of rotatable bonds is 16. The molecule has 0 radical (unpaired) electrons. The van der Waals surface area contributed by atoms with Crippen LogP contribution in [0, 0.1) is 6.92 Å². The van der Waals surface area contributed by atoms with Crippen molar-refractivity contribution >= 4 is 63.5 Å². The van der Waals surface area contributed by atoms with Crippen LogP contribution >= 0.6 is 34.7 Å². The third-order valence-electron chi connectivity index (χ3n) is 6.13. The van der Waals surface area contributed by atoms with Gasteiger partial charge in [-0.25, -0.2) is 9.59 Å². The van der Waals surface area contributed by atoms with E-state index in [1.54, 1.807) is 52.0 Å². The summed E-state index contributed by atoms with van der Waals surface area (Å²) in [4.78, 5) is 51.1. The number of nitrogens with zero attached hydrogens (tertiary/aromatic N) is 3. The number of amides is 2. The van der Waals surface area contributed by atoms with Crippen LogP contribution in [-0.2, 0) is 32.2 Å². The van der Waals surface area contributed by atoms with Crippen molar-refractivity contribution in [3.63, 3.8) is 0 Å². The monoisotopic (exact) mass is 665 g/mol. The number of esters is 2. The number of ether oxygens (including phenoxy) is 3. The second-order valence-corrected chi connectivity index (χ2v) is 12.1. The maximum Gasteiger partial charge on any atom is 0.348 e. The quantitative estimate of drug-likeness (QED) is 0.153. The molecule has 238 valence electrons. The van der Waals surface area contributed by atoms with E-state index in [0.29, 0.717) is 33.9 Å². The van der Waals surface area contributed by atoms with Crippen molar-refractivity contribution in [1.29, 1.82) is 0 Å². The Hall–Kier alpha value is -3.62. The molecule has 12 nitrogen and oxygen atoms in total. The number of nitrogens with one attached hydrogen (secondary N) is 2. The van der Waals surface area contributed by atoms with Crippen LogP contribution in [0.25, 0.3) is 0 Å². The zero-order valence-corrected chi connectivity index (χ0v) is 27.6. The summed E-state index contributed by atoms with van der Waals surface area (Å²) in [6.45, 7) is 9.55. The molecule has 0 saturated carbocycles. The Morgan fingerprint density at radius 3 is 2.39 bits per heavy atom. The Bertz CT molecular complexity index is 1460. The Kier molecular flexibility index (Phi) is 13.5. The van der Waals surface area contributed by atoms with Gasteiger partial charge in [0.25, 0.3) is 5.91 Å². The van der Waals surface area contributed by atoms with Gasteiger partial charge in [0.1, 0.15) is 15.6 Å². The number of hydrogen-bond donors (Lipinski definition) is 2. The fourth-order valence-corrected chi connectivity index (χ4v) is 5.96. The van der Waals surface area contributed by atoms with Gasteiger partial charge in [-0.3, -0.25) is 9.59 Å². The van der Waals surface area contributed by atoms with Gasteiger partial charge >= 0.3 is 11.9 Å². The fourth-order valence-electron chi connectivity index (χ4n) is 3.85. The van der Waals surface area contributed by atoms with E-state index in [1.165, 1.54) is 11.8 Å². The van der Waals surface area contributed by atoms with E-state index in [2.05, 4.69) is 27.8 Å². The Labute approximate surface area is 269 Å². The van der Waals surface area contributed by atoms with E-state index in [-0.39, 0.29) is 47.7 Å². The molecule has 2 aromatic heterocycles. The summed E-state index contributed by atoms with van der Waals surface area (Å²) in [5.74, 6) is -0.911. The van der Waals surface area contributed by atoms with Gasteiger partial charge in [-0.1, -0.05) is 36.7 Å². The highest BCUT2D eigenvalue weighted by Gasteiger charge is 2.29. The molecule has 0 aliphatic rings. The second kappa shape index (κ2) is 17.0. The van der Waals surface area contributed by atoms with Gasteiger partial charge in [0.05, 0.1) is 30.6 Å². The van der Waals surface area contributed by atoms with Crippen LogP contribution < -0.4 is 15.4 Å². The maximum atomic E-state index is 13.3. The molecule has 0 saturated heterocycles. The molecule has 0 fully saturated rings. The third kappa shape index (κ3) is 9.44. The Morgan fingerprint density at radius 1 is 1.05 bits per heavy atom. The van der Waals surface area contributed by atoms with Gasteiger partial charge < -0.3 is 29.4 Å². The summed E-state index contributed by atoms with van der Waals surface area (Å²) < 4.78 is 17.7. The smallest absolute Gasteiger partial charge is 0.348 e. The molecule has 2 amide bonds. The van der Waals surface area contributed by atoms with E-state index >= 15 is 0 Å². The lowest BCUT2D eigenvalue weighted by atomic mass is 10.1. The first kappa shape index (κ1) is 34.9. The molecule has 0 unspecified atom stereocenters. The van der Waals surface area contributed by atoms with Crippen molar-refractivity contribution in [2.75, 3.05) is 25.1 Å². The number of carbonyl (C=O) groups is 4. The number of halogens is 1. The zero-order valence-electron chi connectivity index (χ0n) is 25.2. The van der Waals surface area contributed by atoms with Gasteiger partial charge in [0, 0.05) is 11.6 Å². The van der Waals surface area contributed by atoms with Crippen molar-refractivity contribution < 1.29 is 33.4 Å². The highest BCUT2D eigenvalue weighted by molar-refractivity contribution is 8.00. The van der Waals surface area contributed by atoms with Gasteiger partial charge in [-0.05, 0) is 63.9 Å². The van der Waals surface area contributed by atoms with E-state index in [0.717, 1.165) is 24.2 Å². The number of thioether (sulfide) groups is 1. The molecule has 0 aliphatic carbocycles. The lowest BCUT2D eigenvalue weighted by molar-refractivity contribution is -0.123. The largest absolute Gasteiger partial charge is 0.484 e. The van der Waals surface area contributed by atoms with Gasteiger partial charge in [0.15, 0.2) is 17.6 Å². The average molecular weight is 666 g/mol. The number of thiophene rings is 1. The standard InChI is InChI=1S/C29H36ClN5O7S2/c1-6-9-14-35-21(15-31-22(36)16-42-20-12-10-19(30)11-13-20)33-34-29(35)43-18(5)25(37)32-26-23(27(38)40-7-2)17(4)24(44-26)28(39)41-8-3/h10-13,18H,6-9,14-16H2,1-5H3,(H,31,36)(H,32,37)/t18-/m0/s1. The van der Waals surface area contributed by atoms with Crippen molar-refractivity contribution in [3.8, 4) is 5.75 Å². The minimum atomic E-state index is -0.654. The van der Waals surface area contributed by atoms with Crippen LogP contribution in [0.5, 0.6) is 5.75 Å². The number of aromatic nitrogens is 3. The summed E-state index contributed by atoms with van der Waals surface area (Å²) in [7, 11) is 0. The molecular formula is C29H36ClN5O7S2. The van der Waals surface area contributed by atoms with Crippen molar-refractivity contribution in [1.82, 2.24) is 20.1 Å². The van der Waals surface area contributed by atoms with E-state index in [1.807, 2.05) is 4.57 Å². The van der Waals surface area contributed by atoms with Crippen LogP contribution in [0.2, 0.25) is 5.02 Å². The van der Waals surface area contributed by atoms with Gasteiger partial charge in [-0.15, -0.1) is 21.5 Å². The van der Waals surface area contributed by atoms with E-state index < -0.39 is 23.1 Å². The van der Waals surface area contributed by atoms with Crippen LogP contribution in [0.4, 0.5) is 5.00 Å². The molecule has 44 heavy (non-hydrogen) atoms. The van der Waals surface area contributed by atoms with Crippen LogP contribution in [0.1, 0.15) is 72.0 Å². The second-order valence-electron chi connectivity index (χ2n) is 9.37. The summed E-state index contributed by atoms with van der Waals surface area (Å²) in [5.41, 5.74) is 0.502. The first-order chi connectivity index (χ1) is 21.1. The van der Waals surface area contributed by atoms with Crippen LogP contribution in [0.3, 0.4) is 0 Å². The topological polar surface area (TPSA) is 151 Å². The van der Waals surface area contributed by atoms with Gasteiger partial charge in [0.2, 0.25) is 5.91 Å². The Morgan fingerprint density at radius 2 is 1.73 bits per heavy atom. The van der Waals surface area contributed by atoms with E-state index in [9.17, 15) is 19.2 Å². The lowest BCUT2D eigenvalue weighted by Crippen LogP contribution is -2.29. The summed E-state index contributed by atoms with van der Waals surface area (Å²) in [6.07, 6.45) is 1.75. The molecule has 0 bridgehead atoms. The lowest BCUT2D eigenvalue weighted by Gasteiger charge is -2.14. The normalized spacial score (nSPS) is 11.5. The zero-order chi connectivity index (χ0) is 32.2. The molecule has 2 N–H and O–H groups in total. The minimum Gasteiger partial charge on any atom is -0.484 e. The molecular weight excluding hydrogens is 630 g/mol. The number of unbranched alkanes of at least 4 members (excludes halogenated alkanes) is 1. The predicted octanol–water partition coefficient (Wildman–Crippen LogP) is 5.27. The third-order valence-corrected chi connectivity index (χ3v) is 8.65. The molecule has 1 aromatic carbocycles. The van der Waals surface area contributed by atoms with E-state index in [4.69, 9.17) is 25.8 Å². The number of carbonyl (C=O) groups excluding carboxylic acids is 4. The molecule has 2 heterocycles.